The van der Waals surface area contributed by atoms with Gasteiger partial charge in [0.05, 0.1) is 0 Å². The molecule has 0 N–H and O–H groups in total. The van der Waals surface area contributed by atoms with Gasteiger partial charge in [-0.15, -0.1) is 11.6 Å². The molecule has 0 spiro atoms. The Morgan fingerprint density at radius 2 is 1.90 bits per heavy atom. The molecule has 0 saturated heterocycles. The van der Waals surface area contributed by atoms with E-state index in [0.29, 0.717) is 5.88 Å². The Morgan fingerprint density at radius 3 is 2.20 bits per heavy atom. The van der Waals surface area contributed by atoms with Crippen molar-refractivity contribution in [3.63, 3.8) is 0 Å². The average Bonchev–Trinajstić information content (AvgIpc) is 1.99. The Balaban J connectivity index is 3.52. The molecule has 0 fully saturated rings. The largest absolute Gasteiger partial charge is 0.300 e. The molecule has 0 bridgehead atoms. The number of likely N-dealkylation sites (N-methyl/N-ethyl adjacent to an activating group) is 1. The minimum atomic E-state index is 0.580. The summed E-state index contributed by atoms with van der Waals surface area (Å²) in [6, 6.07) is 0. The van der Waals surface area contributed by atoms with Crippen LogP contribution in [0.5, 0.6) is 0 Å². The van der Waals surface area contributed by atoms with Crippen molar-refractivity contribution in [1.29, 1.82) is 0 Å². The molecule has 10 heavy (non-hydrogen) atoms. The van der Waals surface area contributed by atoms with E-state index in [0.717, 1.165) is 25.2 Å². The lowest BCUT2D eigenvalue weighted by Gasteiger charge is -2.17. The van der Waals surface area contributed by atoms with E-state index in [9.17, 15) is 0 Å². The van der Waals surface area contributed by atoms with Crippen molar-refractivity contribution in [2.45, 2.75) is 13.8 Å². The zero-order valence-electron chi connectivity index (χ0n) is 6.86. The lowest BCUT2D eigenvalue weighted by molar-refractivity contribution is 0.330. The van der Waals surface area contributed by atoms with E-state index >= 15 is 0 Å². The standard InChI is InChI=1S/C8H16ClN/c1-4-10(5-2)7-8(3)6-9/h3-7H2,1-2H3. The highest BCUT2D eigenvalue weighted by Crippen LogP contribution is 1.97. The first kappa shape index (κ1) is 9.99. The highest BCUT2D eigenvalue weighted by atomic mass is 35.5. The molecular formula is C8H16ClN. The van der Waals surface area contributed by atoms with Gasteiger partial charge in [0, 0.05) is 12.4 Å². The molecule has 2 heteroatoms. The van der Waals surface area contributed by atoms with Gasteiger partial charge in [0.1, 0.15) is 0 Å². The summed E-state index contributed by atoms with van der Waals surface area (Å²) in [4.78, 5) is 2.30. The molecule has 0 radical (unpaired) electrons. The second-order valence-corrected chi connectivity index (χ2v) is 2.61. The van der Waals surface area contributed by atoms with E-state index in [1.807, 2.05) is 0 Å². The van der Waals surface area contributed by atoms with Crippen LogP contribution in [0.15, 0.2) is 12.2 Å². The normalized spacial score (nSPS) is 10.4. The number of alkyl halides is 1. The SMILES string of the molecule is C=C(CCl)CN(CC)CC. The summed E-state index contributed by atoms with van der Waals surface area (Å²) in [6.07, 6.45) is 0. The van der Waals surface area contributed by atoms with Crippen LogP contribution in [-0.4, -0.2) is 30.4 Å². The van der Waals surface area contributed by atoms with Crippen LogP contribution in [-0.2, 0) is 0 Å². The van der Waals surface area contributed by atoms with Crippen LogP contribution in [0.4, 0.5) is 0 Å². The Morgan fingerprint density at radius 1 is 1.40 bits per heavy atom. The zero-order valence-corrected chi connectivity index (χ0v) is 7.62. The van der Waals surface area contributed by atoms with E-state index in [1.54, 1.807) is 0 Å². The molecular weight excluding hydrogens is 146 g/mol. The third-order valence-corrected chi connectivity index (χ3v) is 1.91. The van der Waals surface area contributed by atoms with Gasteiger partial charge in [0.15, 0.2) is 0 Å². The van der Waals surface area contributed by atoms with Gasteiger partial charge in [-0.2, -0.15) is 0 Å². The molecule has 60 valence electrons. The van der Waals surface area contributed by atoms with Gasteiger partial charge in [-0.1, -0.05) is 20.4 Å². The topological polar surface area (TPSA) is 3.24 Å². The van der Waals surface area contributed by atoms with Crippen LogP contribution in [0.2, 0.25) is 0 Å². The molecule has 0 atom stereocenters. The first-order valence-electron chi connectivity index (χ1n) is 3.69. The molecule has 0 heterocycles. The van der Waals surface area contributed by atoms with E-state index in [1.165, 1.54) is 0 Å². The second-order valence-electron chi connectivity index (χ2n) is 2.35. The van der Waals surface area contributed by atoms with E-state index in [2.05, 4.69) is 25.3 Å². The molecule has 0 amide bonds. The lowest BCUT2D eigenvalue weighted by Crippen LogP contribution is -2.25. The molecule has 1 nitrogen and oxygen atoms in total. The molecule has 0 aliphatic carbocycles. The predicted molar refractivity (Wildman–Crippen MR) is 47.6 cm³/mol. The van der Waals surface area contributed by atoms with Crippen molar-refractivity contribution in [2.75, 3.05) is 25.5 Å². The minimum absolute atomic E-state index is 0.580. The molecule has 0 saturated carbocycles. The predicted octanol–water partition coefficient (Wildman–Crippen LogP) is 2.12. The summed E-state index contributed by atoms with van der Waals surface area (Å²) < 4.78 is 0. The van der Waals surface area contributed by atoms with Gasteiger partial charge >= 0.3 is 0 Å². The fourth-order valence-electron chi connectivity index (χ4n) is 0.806. The summed E-state index contributed by atoms with van der Waals surface area (Å²) in [5.41, 5.74) is 1.10. The summed E-state index contributed by atoms with van der Waals surface area (Å²) in [5, 5.41) is 0. The van der Waals surface area contributed by atoms with E-state index < -0.39 is 0 Å². The van der Waals surface area contributed by atoms with Crippen LogP contribution in [0.1, 0.15) is 13.8 Å². The third kappa shape index (κ3) is 3.91. The zero-order chi connectivity index (χ0) is 7.98. The van der Waals surface area contributed by atoms with Crippen LogP contribution < -0.4 is 0 Å². The summed E-state index contributed by atoms with van der Waals surface area (Å²) in [7, 11) is 0. The van der Waals surface area contributed by atoms with Crippen molar-refractivity contribution in [3.8, 4) is 0 Å². The Bertz CT molecular complexity index is 97.4. The summed E-state index contributed by atoms with van der Waals surface area (Å²) in [6.45, 7) is 11.2. The third-order valence-electron chi connectivity index (χ3n) is 1.53. The molecule has 0 aromatic heterocycles. The monoisotopic (exact) mass is 161 g/mol. The van der Waals surface area contributed by atoms with Crippen LogP contribution >= 0.6 is 11.6 Å². The van der Waals surface area contributed by atoms with Crippen molar-refractivity contribution in [3.05, 3.63) is 12.2 Å². The van der Waals surface area contributed by atoms with E-state index in [4.69, 9.17) is 11.6 Å². The Hall–Kier alpha value is -0.0100. The van der Waals surface area contributed by atoms with Crippen molar-refractivity contribution >= 4 is 11.6 Å². The highest BCUT2D eigenvalue weighted by molar-refractivity contribution is 6.19. The van der Waals surface area contributed by atoms with Gasteiger partial charge in [-0.3, -0.25) is 4.90 Å². The van der Waals surface area contributed by atoms with Gasteiger partial charge in [0.2, 0.25) is 0 Å². The molecule has 0 aliphatic rings. The fourth-order valence-corrected chi connectivity index (χ4v) is 0.890. The van der Waals surface area contributed by atoms with Crippen molar-refractivity contribution in [1.82, 2.24) is 4.90 Å². The van der Waals surface area contributed by atoms with Gasteiger partial charge < -0.3 is 0 Å². The molecule has 0 aromatic carbocycles. The number of nitrogens with zero attached hydrogens (tertiary/aromatic N) is 1. The highest BCUT2D eigenvalue weighted by Gasteiger charge is 1.99. The second kappa shape index (κ2) is 5.75. The summed E-state index contributed by atoms with van der Waals surface area (Å²) >= 11 is 5.58. The number of rotatable bonds is 5. The number of hydrogen-bond acceptors (Lipinski definition) is 1. The molecule has 0 aliphatic heterocycles. The first-order chi connectivity index (χ1) is 4.74. The first-order valence-corrected chi connectivity index (χ1v) is 4.23. The quantitative estimate of drug-likeness (QED) is 0.441. The maximum Gasteiger partial charge on any atom is 0.0443 e. The van der Waals surface area contributed by atoms with Crippen molar-refractivity contribution < 1.29 is 0 Å². The maximum absolute atomic E-state index is 5.58. The van der Waals surface area contributed by atoms with Crippen LogP contribution in [0.3, 0.4) is 0 Å². The maximum atomic E-state index is 5.58. The average molecular weight is 162 g/mol. The lowest BCUT2D eigenvalue weighted by atomic mass is 10.3. The van der Waals surface area contributed by atoms with Crippen molar-refractivity contribution in [2.24, 2.45) is 0 Å². The van der Waals surface area contributed by atoms with Crippen LogP contribution in [0, 0.1) is 0 Å². The number of halogens is 1. The smallest absolute Gasteiger partial charge is 0.0443 e. The minimum Gasteiger partial charge on any atom is -0.300 e. The van der Waals surface area contributed by atoms with Gasteiger partial charge in [-0.25, -0.2) is 0 Å². The van der Waals surface area contributed by atoms with Crippen LogP contribution in [0.25, 0.3) is 0 Å². The number of hydrogen-bond donors (Lipinski definition) is 0. The Labute approximate surface area is 68.7 Å². The molecule has 0 aromatic rings. The Kier molecular flexibility index (Phi) is 5.74. The van der Waals surface area contributed by atoms with Gasteiger partial charge in [0.25, 0.3) is 0 Å². The molecule has 0 unspecified atom stereocenters. The van der Waals surface area contributed by atoms with Gasteiger partial charge in [-0.05, 0) is 18.7 Å². The van der Waals surface area contributed by atoms with E-state index in [-0.39, 0.29) is 0 Å². The summed E-state index contributed by atoms with van der Waals surface area (Å²) in [5.74, 6) is 0.580. The molecule has 0 rings (SSSR count). The fraction of sp³-hybridized carbons (Fsp3) is 0.750.